The van der Waals surface area contributed by atoms with Crippen molar-refractivity contribution in [1.82, 2.24) is 0 Å². The van der Waals surface area contributed by atoms with Crippen molar-refractivity contribution in [2.24, 2.45) is 5.41 Å². The summed E-state index contributed by atoms with van der Waals surface area (Å²) in [6.07, 6.45) is 6.38. The first-order valence-electron chi connectivity index (χ1n) is 21.5. The van der Waals surface area contributed by atoms with Gasteiger partial charge in [0.1, 0.15) is 0 Å². The number of hydrogen-bond acceptors (Lipinski definition) is 1. The predicted molar refractivity (Wildman–Crippen MR) is 248 cm³/mol. The fraction of sp³-hybridized carbons (Fsp3) is 0.250. The Morgan fingerprint density at radius 1 is 0.569 bits per heavy atom. The molecule has 7 aromatic rings. The Kier molecular flexibility index (Phi) is 8.90. The van der Waals surface area contributed by atoms with Gasteiger partial charge >= 0.3 is 0 Å². The quantitative estimate of drug-likeness (QED) is 0.167. The topological polar surface area (TPSA) is 12.0 Å². The minimum Gasteiger partial charge on any atom is -0.355 e. The van der Waals surface area contributed by atoms with Crippen LogP contribution in [0.4, 0.5) is 11.4 Å². The van der Waals surface area contributed by atoms with Crippen molar-refractivity contribution in [2.75, 3.05) is 5.32 Å². The molecule has 2 aliphatic carbocycles. The third kappa shape index (κ3) is 6.24. The van der Waals surface area contributed by atoms with E-state index in [2.05, 4.69) is 205 Å². The van der Waals surface area contributed by atoms with Crippen LogP contribution < -0.4 is 16.2 Å². The molecule has 0 bridgehead atoms. The Bertz CT molecular complexity index is 2640. The summed E-state index contributed by atoms with van der Waals surface area (Å²) in [4.78, 5) is 0. The van der Waals surface area contributed by atoms with Crippen molar-refractivity contribution < 1.29 is 0 Å². The monoisotopic (exact) mass is 750 g/mol. The van der Waals surface area contributed by atoms with Crippen LogP contribution in [0.2, 0.25) is 0 Å². The van der Waals surface area contributed by atoms with Gasteiger partial charge in [0.15, 0.2) is 7.28 Å². The largest absolute Gasteiger partial charge is 0.355 e. The summed E-state index contributed by atoms with van der Waals surface area (Å²) in [6, 6.07) is 58.6. The Morgan fingerprint density at radius 3 is 1.81 bits per heavy atom. The van der Waals surface area contributed by atoms with Gasteiger partial charge in [-0.05, 0) is 121 Å². The molecule has 1 aliphatic heterocycles. The van der Waals surface area contributed by atoms with Crippen molar-refractivity contribution in [3.8, 4) is 44.5 Å². The summed E-state index contributed by atoms with van der Waals surface area (Å²) >= 11 is 0. The number of fused-ring (bicyclic) bond motifs is 4. The Morgan fingerprint density at radius 2 is 1.16 bits per heavy atom. The van der Waals surface area contributed by atoms with E-state index in [1.165, 1.54) is 98.7 Å². The van der Waals surface area contributed by atoms with Gasteiger partial charge in [0, 0.05) is 22.9 Å². The maximum Gasteiger partial charge on any atom is 0.193 e. The van der Waals surface area contributed by atoms with Gasteiger partial charge in [0.2, 0.25) is 0 Å². The van der Waals surface area contributed by atoms with Crippen molar-refractivity contribution in [1.29, 1.82) is 0 Å². The molecule has 3 atom stereocenters. The second kappa shape index (κ2) is 14.1. The van der Waals surface area contributed by atoms with Crippen LogP contribution in [0.15, 0.2) is 158 Å². The molecule has 0 aromatic heterocycles. The molecular formula is C56H53BN. The van der Waals surface area contributed by atoms with Crippen molar-refractivity contribution in [2.45, 2.75) is 83.5 Å². The SMILES string of the molecule is CC(C)(C)c1cc2c3c(c1)C1(C)CCCCC1(C)CC3c1cc(-c3ccccc3)cc(-c3ccc(-c4ccccc4)cc3Nc3ccc(-c4ccccc4)cc3)c1[B]2. The molecule has 7 aromatic carbocycles. The van der Waals surface area contributed by atoms with Crippen molar-refractivity contribution in [3.63, 3.8) is 0 Å². The maximum absolute atomic E-state index is 3.95. The fourth-order valence-corrected chi connectivity index (χ4v) is 10.8. The van der Waals surface area contributed by atoms with Crippen LogP contribution in [0.1, 0.15) is 94.9 Å². The van der Waals surface area contributed by atoms with E-state index >= 15 is 0 Å². The Hall–Kier alpha value is -5.60. The van der Waals surface area contributed by atoms with Crippen molar-refractivity contribution in [3.05, 3.63) is 180 Å². The van der Waals surface area contributed by atoms with Crippen LogP contribution in [0, 0.1) is 5.41 Å². The molecule has 1 saturated carbocycles. The first kappa shape index (κ1) is 36.7. The first-order valence-corrected chi connectivity index (χ1v) is 21.5. The molecule has 1 nitrogen and oxygen atoms in total. The molecule has 10 rings (SSSR count). The first-order chi connectivity index (χ1) is 28.1. The highest BCUT2D eigenvalue weighted by atomic mass is 14.9. The van der Waals surface area contributed by atoms with E-state index < -0.39 is 0 Å². The van der Waals surface area contributed by atoms with E-state index in [0.717, 1.165) is 11.4 Å². The zero-order valence-corrected chi connectivity index (χ0v) is 34.7. The molecule has 1 heterocycles. The average molecular weight is 751 g/mol. The van der Waals surface area contributed by atoms with Crippen LogP contribution in [-0.2, 0) is 10.8 Å². The lowest BCUT2D eigenvalue weighted by Gasteiger charge is -2.58. The predicted octanol–water partition coefficient (Wildman–Crippen LogP) is 13.7. The van der Waals surface area contributed by atoms with Gasteiger partial charge in [-0.3, -0.25) is 0 Å². The van der Waals surface area contributed by atoms with E-state index in [0.29, 0.717) is 5.92 Å². The highest BCUT2D eigenvalue weighted by Gasteiger charge is 2.54. The summed E-state index contributed by atoms with van der Waals surface area (Å²) in [5.41, 5.74) is 21.5. The van der Waals surface area contributed by atoms with E-state index in [-0.39, 0.29) is 16.2 Å². The fourth-order valence-electron chi connectivity index (χ4n) is 10.8. The summed E-state index contributed by atoms with van der Waals surface area (Å²) in [5.74, 6) is 0.336. The number of benzene rings is 7. The molecule has 3 aliphatic rings. The lowest BCUT2D eigenvalue weighted by molar-refractivity contribution is 0.0602. The Balaban J connectivity index is 1.19. The number of nitrogens with one attached hydrogen (secondary N) is 1. The van der Waals surface area contributed by atoms with Gasteiger partial charge in [-0.15, -0.1) is 0 Å². The van der Waals surface area contributed by atoms with E-state index in [1.807, 2.05) is 0 Å². The third-order valence-corrected chi connectivity index (χ3v) is 14.3. The molecule has 1 N–H and O–H groups in total. The molecule has 3 unspecified atom stereocenters. The summed E-state index contributed by atoms with van der Waals surface area (Å²) < 4.78 is 0. The molecule has 58 heavy (non-hydrogen) atoms. The number of hydrogen-bond donors (Lipinski definition) is 1. The standard InChI is InChI=1S/C56H53BN/c1-54(2,3)43-34-49-52-48(36-55(4)29-15-16-30-56(49,55)5)47-32-42(39-21-13-8-14-22-39)31-46(53(47)57-50(52)35-43)45-28-25-41(38-19-11-7-12-20-38)33-51(45)58-44-26-23-40(24-27-44)37-17-9-6-10-18-37/h6-14,17-28,31-35,48,58H,15-16,29-30,36H2,1-5H3. The smallest absolute Gasteiger partial charge is 0.193 e. The minimum absolute atomic E-state index is 0.0500. The average Bonchev–Trinajstić information content (AvgIpc) is 3.25. The zero-order valence-electron chi connectivity index (χ0n) is 34.7. The van der Waals surface area contributed by atoms with Gasteiger partial charge in [-0.25, -0.2) is 0 Å². The van der Waals surface area contributed by atoms with Gasteiger partial charge in [-0.1, -0.05) is 192 Å². The van der Waals surface area contributed by atoms with E-state index in [4.69, 9.17) is 0 Å². The molecule has 0 saturated heterocycles. The molecule has 1 fully saturated rings. The van der Waals surface area contributed by atoms with Crippen LogP contribution in [-0.4, -0.2) is 7.28 Å². The highest BCUT2D eigenvalue weighted by Crippen LogP contribution is 2.62. The normalized spacial score (nSPS) is 20.6. The molecule has 1 radical (unpaired) electrons. The second-order valence-corrected chi connectivity index (χ2v) is 18.9. The molecule has 2 heteroatoms. The van der Waals surface area contributed by atoms with Crippen LogP contribution >= 0.6 is 0 Å². The number of anilines is 2. The van der Waals surface area contributed by atoms with Gasteiger partial charge in [-0.2, -0.15) is 0 Å². The number of rotatable bonds is 6. The van der Waals surface area contributed by atoms with Gasteiger partial charge < -0.3 is 5.32 Å². The summed E-state index contributed by atoms with van der Waals surface area (Å²) in [7, 11) is 2.57. The van der Waals surface area contributed by atoms with Gasteiger partial charge in [0.05, 0.1) is 0 Å². The lowest BCUT2D eigenvalue weighted by atomic mass is 9.42. The zero-order chi connectivity index (χ0) is 39.6. The van der Waals surface area contributed by atoms with E-state index in [1.54, 1.807) is 11.1 Å². The van der Waals surface area contributed by atoms with Crippen molar-refractivity contribution >= 4 is 29.6 Å². The summed E-state index contributed by atoms with van der Waals surface area (Å²) in [6.45, 7) is 12.4. The minimum atomic E-state index is 0.0500. The Labute approximate surface area is 346 Å². The summed E-state index contributed by atoms with van der Waals surface area (Å²) in [5, 5.41) is 3.95. The van der Waals surface area contributed by atoms with Crippen LogP contribution in [0.5, 0.6) is 0 Å². The second-order valence-electron chi connectivity index (χ2n) is 18.9. The molecule has 0 amide bonds. The highest BCUT2D eigenvalue weighted by molar-refractivity contribution is 6.70. The molecular weight excluding hydrogens is 697 g/mol. The molecule has 0 spiro atoms. The third-order valence-electron chi connectivity index (χ3n) is 14.3. The lowest BCUT2D eigenvalue weighted by Crippen LogP contribution is -2.54. The maximum atomic E-state index is 3.95. The van der Waals surface area contributed by atoms with Crippen LogP contribution in [0.3, 0.4) is 0 Å². The molecule has 285 valence electrons. The van der Waals surface area contributed by atoms with Crippen LogP contribution in [0.25, 0.3) is 44.5 Å². The van der Waals surface area contributed by atoms with E-state index in [9.17, 15) is 0 Å². The van der Waals surface area contributed by atoms with Gasteiger partial charge in [0.25, 0.3) is 0 Å².